The number of anilines is 1. The highest BCUT2D eigenvalue weighted by atomic mass is 19.1. The van der Waals surface area contributed by atoms with Gasteiger partial charge in [0, 0.05) is 12.5 Å². The number of benzene rings is 1. The van der Waals surface area contributed by atoms with Crippen molar-refractivity contribution in [1.29, 1.82) is 0 Å². The molecule has 0 spiro atoms. The Morgan fingerprint density at radius 3 is 2.80 bits per heavy atom. The van der Waals surface area contributed by atoms with Crippen LogP contribution in [0.25, 0.3) is 0 Å². The van der Waals surface area contributed by atoms with Gasteiger partial charge in [0.1, 0.15) is 11.9 Å². The zero-order chi connectivity index (χ0) is 17.8. The van der Waals surface area contributed by atoms with Gasteiger partial charge in [-0.3, -0.25) is 4.90 Å². The fourth-order valence-corrected chi connectivity index (χ4v) is 3.41. The smallest absolute Gasteiger partial charge is 0.414 e. The molecule has 1 unspecified atom stereocenters. The molecule has 1 aromatic rings. The van der Waals surface area contributed by atoms with E-state index in [1.54, 1.807) is 12.1 Å². The second-order valence-corrected chi connectivity index (χ2v) is 6.93. The minimum Gasteiger partial charge on any atom is -0.490 e. The van der Waals surface area contributed by atoms with Gasteiger partial charge >= 0.3 is 6.09 Å². The number of hydrogen-bond donors (Lipinski definition) is 0. The Kier molecular flexibility index (Phi) is 5.56. The van der Waals surface area contributed by atoms with Crippen LogP contribution < -0.4 is 9.64 Å². The van der Waals surface area contributed by atoms with Crippen LogP contribution in [0, 0.1) is 11.7 Å². The van der Waals surface area contributed by atoms with E-state index in [0.29, 0.717) is 37.6 Å². The summed E-state index contributed by atoms with van der Waals surface area (Å²) in [6, 6.07) is 4.54. The average Bonchev–Trinajstić information content (AvgIpc) is 3.21. The lowest BCUT2D eigenvalue weighted by atomic mass is 10.1. The standard InChI is InChI=1S/C19H24FNO4/c1-13(22)6-8-16-11-21(19(23)25-16)15-7-9-18(17(20)10-15)24-12-14-4-2-3-5-14/h7,9-10,14,16H,2-6,8,11-12H2,1H3. The number of carbonyl (C=O) groups excluding carboxylic acids is 2. The Hall–Kier alpha value is -2.11. The summed E-state index contributed by atoms with van der Waals surface area (Å²) in [6.45, 7) is 2.37. The van der Waals surface area contributed by atoms with Gasteiger partial charge in [0.15, 0.2) is 11.6 Å². The lowest BCUT2D eigenvalue weighted by Gasteiger charge is -2.16. The van der Waals surface area contributed by atoms with Crippen LogP contribution in [0.5, 0.6) is 5.75 Å². The molecule has 5 nitrogen and oxygen atoms in total. The van der Waals surface area contributed by atoms with Crippen molar-refractivity contribution in [3.05, 3.63) is 24.0 Å². The highest BCUT2D eigenvalue weighted by Gasteiger charge is 2.32. The largest absolute Gasteiger partial charge is 0.490 e. The summed E-state index contributed by atoms with van der Waals surface area (Å²) in [4.78, 5) is 24.4. The Balaban J connectivity index is 1.59. The SMILES string of the molecule is CC(=O)CCC1CN(c2ccc(OCC3CCCC3)c(F)c2)C(=O)O1. The van der Waals surface area contributed by atoms with E-state index >= 15 is 0 Å². The zero-order valence-electron chi connectivity index (χ0n) is 14.5. The third-order valence-electron chi connectivity index (χ3n) is 4.87. The molecule has 1 saturated heterocycles. The van der Waals surface area contributed by atoms with Gasteiger partial charge < -0.3 is 14.3 Å². The number of nitrogens with zero attached hydrogens (tertiary/aromatic N) is 1. The molecule has 0 aromatic heterocycles. The topological polar surface area (TPSA) is 55.8 Å². The van der Waals surface area contributed by atoms with Crippen LogP contribution >= 0.6 is 0 Å². The summed E-state index contributed by atoms with van der Waals surface area (Å²) in [5.41, 5.74) is 0.445. The van der Waals surface area contributed by atoms with Gasteiger partial charge in [0.25, 0.3) is 0 Å². The van der Waals surface area contributed by atoms with Gasteiger partial charge in [-0.1, -0.05) is 12.8 Å². The summed E-state index contributed by atoms with van der Waals surface area (Å²) in [6.07, 6.45) is 4.73. The van der Waals surface area contributed by atoms with Gasteiger partial charge in [0.2, 0.25) is 0 Å². The van der Waals surface area contributed by atoms with Crippen molar-refractivity contribution in [2.45, 2.75) is 51.6 Å². The third kappa shape index (κ3) is 4.50. The third-order valence-corrected chi connectivity index (χ3v) is 4.87. The number of amides is 1. The molecule has 1 saturated carbocycles. The van der Waals surface area contributed by atoms with E-state index in [2.05, 4.69) is 0 Å². The number of ether oxygens (including phenoxy) is 2. The number of cyclic esters (lactones) is 1. The normalized spacial score (nSPS) is 20.8. The van der Waals surface area contributed by atoms with Crippen molar-refractivity contribution in [3.63, 3.8) is 0 Å². The predicted molar refractivity (Wildman–Crippen MR) is 91.4 cm³/mol. The molecule has 1 amide bonds. The maximum absolute atomic E-state index is 14.3. The Labute approximate surface area is 147 Å². The van der Waals surface area contributed by atoms with Crippen molar-refractivity contribution in [3.8, 4) is 5.75 Å². The van der Waals surface area contributed by atoms with Gasteiger partial charge in [-0.05, 0) is 44.2 Å². The van der Waals surface area contributed by atoms with E-state index in [9.17, 15) is 14.0 Å². The van der Waals surface area contributed by atoms with Crippen molar-refractivity contribution in [1.82, 2.24) is 0 Å². The molecule has 2 fully saturated rings. The van der Waals surface area contributed by atoms with Crippen LogP contribution in [-0.4, -0.2) is 31.1 Å². The first-order valence-corrected chi connectivity index (χ1v) is 8.93. The van der Waals surface area contributed by atoms with Gasteiger partial charge in [0.05, 0.1) is 18.8 Å². The van der Waals surface area contributed by atoms with Crippen LogP contribution in [-0.2, 0) is 9.53 Å². The maximum Gasteiger partial charge on any atom is 0.414 e. The molecular formula is C19H24FNO4. The first-order valence-electron chi connectivity index (χ1n) is 8.93. The Bertz CT molecular complexity index is 642. The number of Topliss-reactive ketones (excluding diaryl/α,β-unsaturated/α-hetero) is 1. The molecule has 0 bridgehead atoms. The van der Waals surface area contributed by atoms with Crippen molar-refractivity contribution in [2.75, 3.05) is 18.1 Å². The summed E-state index contributed by atoms with van der Waals surface area (Å²) in [5.74, 6) is 0.311. The molecule has 0 N–H and O–H groups in total. The fourth-order valence-electron chi connectivity index (χ4n) is 3.41. The maximum atomic E-state index is 14.3. The minimum absolute atomic E-state index is 0.0595. The van der Waals surface area contributed by atoms with E-state index in [4.69, 9.17) is 9.47 Å². The summed E-state index contributed by atoms with van der Waals surface area (Å²) < 4.78 is 25.2. The van der Waals surface area contributed by atoms with Gasteiger partial charge in [-0.25, -0.2) is 9.18 Å². The first-order chi connectivity index (χ1) is 12.0. The molecule has 1 heterocycles. The Morgan fingerprint density at radius 2 is 2.12 bits per heavy atom. The molecule has 1 atom stereocenters. The summed E-state index contributed by atoms with van der Waals surface area (Å²) in [5, 5.41) is 0. The van der Waals surface area contributed by atoms with Crippen LogP contribution in [0.4, 0.5) is 14.9 Å². The van der Waals surface area contributed by atoms with Crippen molar-refractivity contribution in [2.24, 2.45) is 5.92 Å². The van der Waals surface area contributed by atoms with Crippen molar-refractivity contribution < 1.29 is 23.5 Å². The monoisotopic (exact) mass is 349 g/mol. The van der Waals surface area contributed by atoms with Crippen LogP contribution in [0.15, 0.2) is 18.2 Å². The molecule has 3 rings (SSSR count). The minimum atomic E-state index is -0.507. The first kappa shape index (κ1) is 17.7. The number of ketones is 1. The average molecular weight is 349 g/mol. The van der Waals surface area contributed by atoms with Crippen molar-refractivity contribution >= 4 is 17.6 Å². The van der Waals surface area contributed by atoms with E-state index in [1.165, 1.54) is 30.7 Å². The van der Waals surface area contributed by atoms with Crippen LogP contribution in [0.2, 0.25) is 0 Å². The summed E-state index contributed by atoms with van der Waals surface area (Å²) in [7, 11) is 0. The molecule has 0 radical (unpaired) electrons. The molecule has 136 valence electrons. The highest BCUT2D eigenvalue weighted by molar-refractivity contribution is 5.89. The van der Waals surface area contributed by atoms with Crippen LogP contribution in [0.3, 0.4) is 0 Å². The predicted octanol–water partition coefficient (Wildman–Crippen LogP) is 4.09. The van der Waals surface area contributed by atoms with E-state index in [1.807, 2.05) is 0 Å². The van der Waals surface area contributed by atoms with Gasteiger partial charge in [-0.2, -0.15) is 0 Å². The molecule has 1 aliphatic heterocycles. The lowest BCUT2D eigenvalue weighted by molar-refractivity contribution is -0.117. The molecule has 1 aromatic carbocycles. The molecule has 1 aliphatic carbocycles. The highest BCUT2D eigenvalue weighted by Crippen LogP contribution is 2.30. The zero-order valence-corrected chi connectivity index (χ0v) is 14.5. The second kappa shape index (κ2) is 7.85. The number of rotatable bonds is 7. The number of hydrogen-bond acceptors (Lipinski definition) is 4. The number of halogens is 1. The Morgan fingerprint density at radius 1 is 1.36 bits per heavy atom. The lowest BCUT2D eigenvalue weighted by Crippen LogP contribution is -2.24. The second-order valence-electron chi connectivity index (χ2n) is 6.93. The van der Waals surface area contributed by atoms with E-state index < -0.39 is 11.9 Å². The van der Waals surface area contributed by atoms with Crippen LogP contribution in [0.1, 0.15) is 45.4 Å². The molecule has 2 aliphatic rings. The van der Waals surface area contributed by atoms with Gasteiger partial charge in [-0.15, -0.1) is 0 Å². The summed E-state index contributed by atoms with van der Waals surface area (Å²) >= 11 is 0. The molecule has 6 heteroatoms. The quantitative estimate of drug-likeness (QED) is 0.744. The fraction of sp³-hybridized carbons (Fsp3) is 0.579. The van der Waals surface area contributed by atoms with E-state index in [-0.39, 0.29) is 17.6 Å². The molecule has 25 heavy (non-hydrogen) atoms. The number of carbonyl (C=O) groups is 2. The van der Waals surface area contributed by atoms with E-state index in [0.717, 1.165) is 12.8 Å². The molecular weight excluding hydrogens is 325 g/mol.